The maximum Gasteiger partial charge on any atom is 0.269 e. The highest BCUT2D eigenvalue weighted by Gasteiger charge is 2.23. The third kappa shape index (κ3) is 4.68. The van der Waals surface area contributed by atoms with E-state index in [0.29, 0.717) is 12.3 Å². The monoisotopic (exact) mass is 340 g/mol. The van der Waals surface area contributed by atoms with Crippen molar-refractivity contribution in [3.05, 3.63) is 53.3 Å². The first-order chi connectivity index (χ1) is 12.1. The number of piperidine rings is 1. The third-order valence-electron chi connectivity index (χ3n) is 4.83. The number of primary amides is 1. The fourth-order valence-corrected chi connectivity index (χ4v) is 3.34. The number of aromatic amines is 1. The van der Waals surface area contributed by atoms with E-state index in [-0.39, 0.29) is 11.6 Å². The molecule has 0 atom stereocenters. The van der Waals surface area contributed by atoms with Crippen molar-refractivity contribution in [1.29, 1.82) is 0 Å². The Morgan fingerprint density at radius 2 is 1.92 bits per heavy atom. The summed E-state index contributed by atoms with van der Waals surface area (Å²) in [4.78, 5) is 25.4. The Labute approximate surface area is 147 Å². The van der Waals surface area contributed by atoms with Crippen LogP contribution in [0.5, 0.6) is 0 Å². The van der Waals surface area contributed by atoms with Crippen LogP contribution in [0.25, 0.3) is 0 Å². The predicted octanol–water partition coefficient (Wildman–Crippen LogP) is 1.92. The van der Waals surface area contributed by atoms with Crippen molar-refractivity contribution in [2.45, 2.75) is 32.1 Å². The van der Waals surface area contributed by atoms with Crippen molar-refractivity contribution in [2.75, 3.05) is 13.1 Å². The van der Waals surface area contributed by atoms with Crippen LogP contribution in [0.2, 0.25) is 0 Å². The SMILES string of the molecule is NC(=O)c1cc(CC2CCN(C(=O)CCc3ccccc3)CC2)[nH]n1. The molecule has 2 amide bonds. The standard InChI is InChI=1S/C19H24N4O2/c20-19(25)17-13-16(21-22-17)12-15-8-10-23(11-9-15)18(24)7-6-14-4-2-1-3-5-14/h1-5,13,15H,6-12H2,(H2,20,25)(H,21,22). The number of hydrogen-bond acceptors (Lipinski definition) is 3. The summed E-state index contributed by atoms with van der Waals surface area (Å²) in [7, 11) is 0. The number of H-pyrrole nitrogens is 1. The highest BCUT2D eigenvalue weighted by molar-refractivity contribution is 5.90. The summed E-state index contributed by atoms with van der Waals surface area (Å²) in [6.07, 6.45) is 4.15. The number of amides is 2. The summed E-state index contributed by atoms with van der Waals surface area (Å²) in [5.74, 6) is 0.223. The molecule has 6 heteroatoms. The first-order valence-corrected chi connectivity index (χ1v) is 8.77. The Hall–Kier alpha value is -2.63. The molecule has 0 saturated carbocycles. The molecule has 0 bridgehead atoms. The van der Waals surface area contributed by atoms with Crippen LogP contribution in [0.1, 0.15) is 41.0 Å². The number of likely N-dealkylation sites (tertiary alicyclic amines) is 1. The lowest BCUT2D eigenvalue weighted by Gasteiger charge is -2.32. The normalized spacial score (nSPS) is 15.3. The number of aromatic nitrogens is 2. The van der Waals surface area contributed by atoms with E-state index in [2.05, 4.69) is 22.3 Å². The number of hydrogen-bond donors (Lipinski definition) is 2. The van der Waals surface area contributed by atoms with E-state index in [1.54, 1.807) is 6.07 Å². The maximum atomic E-state index is 12.4. The van der Waals surface area contributed by atoms with E-state index < -0.39 is 5.91 Å². The highest BCUT2D eigenvalue weighted by atomic mass is 16.2. The van der Waals surface area contributed by atoms with Crippen molar-refractivity contribution >= 4 is 11.8 Å². The molecule has 1 aromatic heterocycles. The topological polar surface area (TPSA) is 92.1 Å². The van der Waals surface area contributed by atoms with Gasteiger partial charge in [0.1, 0.15) is 5.69 Å². The molecule has 3 rings (SSSR count). The Kier molecular flexibility index (Phi) is 5.48. The Bertz CT molecular complexity index is 718. The van der Waals surface area contributed by atoms with Crippen LogP contribution in [0, 0.1) is 5.92 Å². The molecule has 0 radical (unpaired) electrons. The number of nitrogens with zero attached hydrogens (tertiary/aromatic N) is 2. The van der Waals surface area contributed by atoms with Crippen molar-refractivity contribution < 1.29 is 9.59 Å². The average Bonchev–Trinajstić information content (AvgIpc) is 3.10. The molecule has 1 aromatic carbocycles. The van der Waals surface area contributed by atoms with Crippen molar-refractivity contribution in [3.63, 3.8) is 0 Å². The van der Waals surface area contributed by atoms with Crippen molar-refractivity contribution in [1.82, 2.24) is 15.1 Å². The van der Waals surface area contributed by atoms with E-state index in [1.807, 2.05) is 23.1 Å². The van der Waals surface area contributed by atoms with E-state index in [0.717, 1.165) is 44.5 Å². The minimum absolute atomic E-state index is 0.236. The molecule has 2 heterocycles. The van der Waals surface area contributed by atoms with E-state index in [9.17, 15) is 9.59 Å². The van der Waals surface area contributed by atoms with E-state index >= 15 is 0 Å². The smallest absolute Gasteiger partial charge is 0.269 e. The van der Waals surface area contributed by atoms with Gasteiger partial charge in [-0.15, -0.1) is 0 Å². The molecule has 25 heavy (non-hydrogen) atoms. The summed E-state index contributed by atoms with van der Waals surface area (Å²) in [5.41, 5.74) is 7.63. The molecule has 0 unspecified atom stereocenters. The van der Waals surface area contributed by atoms with Crippen LogP contribution >= 0.6 is 0 Å². The first kappa shape index (κ1) is 17.2. The molecule has 2 aromatic rings. The molecule has 6 nitrogen and oxygen atoms in total. The van der Waals surface area contributed by atoms with E-state index in [1.165, 1.54) is 5.56 Å². The third-order valence-corrected chi connectivity index (χ3v) is 4.83. The Balaban J connectivity index is 1.43. The van der Waals surface area contributed by atoms with Crippen LogP contribution in [-0.2, 0) is 17.6 Å². The van der Waals surface area contributed by atoms with Crippen LogP contribution in [0.3, 0.4) is 0 Å². The largest absolute Gasteiger partial charge is 0.364 e. The number of carbonyl (C=O) groups excluding carboxylic acids is 2. The van der Waals surface area contributed by atoms with Gasteiger partial charge in [-0.2, -0.15) is 5.10 Å². The summed E-state index contributed by atoms with van der Waals surface area (Å²) in [5, 5.41) is 6.79. The molecular weight excluding hydrogens is 316 g/mol. The maximum absolute atomic E-state index is 12.4. The first-order valence-electron chi connectivity index (χ1n) is 8.77. The lowest BCUT2D eigenvalue weighted by Crippen LogP contribution is -2.39. The van der Waals surface area contributed by atoms with Crippen LogP contribution < -0.4 is 5.73 Å². The Morgan fingerprint density at radius 1 is 1.20 bits per heavy atom. The van der Waals surface area contributed by atoms with Gasteiger partial charge in [0, 0.05) is 25.2 Å². The van der Waals surface area contributed by atoms with Gasteiger partial charge < -0.3 is 10.6 Å². The molecule has 3 N–H and O–H groups in total. The van der Waals surface area contributed by atoms with Crippen LogP contribution in [-0.4, -0.2) is 40.0 Å². The van der Waals surface area contributed by atoms with Gasteiger partial charge in [0.05, 0.1) is 0 Å². The molecule has 132 valence electrons. The second kappa shape index (κ2) is 7.96. The number of rotatable bonds is 6. The molecule has 1 aliphatic heterocycles. The molecule has 1 saturated heterocycles. The number of nitrogens with two attached hydrogens (primary N) is 1. The van der Waals surface area contributed by atoms with Gasteiger partial charge in [-0.05, 0) is 43.2 Å². The van der Waals surface area contributed by atoms with Crippen LogP contribution in [0.4, 0.5) is 0 Å². The van der Waals surface area contributed by atoms with E-state index in [4.69, 9.17) is 5.73 Å². The van der Waals surface area contributed by atoms with Crippen molar-refractivity contribution in [3.8, 4) is 0 Å². The zero-order valence-electron chi connectivity index (χ0n) is 14.3. The molecule has 1 fully saturated rings. The summed E-state index contributed by atoms with van der Waals surface area (Å²) in [6, 6.07) is 11.8. The van der Waals surface area contributed by atoms with Crippen LogP contribution in [0.15, 0.2) is 36.4 Å². The summed E-state index contributed by atoms with van der Waals surface area (Å²) in [6.45, 7) is 1.60. The minimum Gasteiger partial charge on any atom is -0.364 e. The van der Waals surface area contributed by atoms with Gasteiger partial charge in [0.25, 0.3) is 5.91 Å². The summed E-state index contributed by atoms with van der Waals surface area (Å²) >= 11 is 0. The minimum atomic E-state index is -0.513. The molecule has 0 aliphatic carbocycles. The van der Waals surface area contributed by atoms with Gasteiger partial charge >= 0.3 is 0 Å². The second-order valence-corrected chi connectivity index (χ2v) is 6.66. The molecular formula is C19H24N4O2. The van der Waals surface area contributed by atoms with Gasteiger partial charge in [-0.3, -0.25) is 14.7 Å². The fraction of sp³-hybridized carbons (Fsp3) is 0.421. The number of carbonyl (C=O) groups is 2. The van der Waals surface area contributed by atoms with Gasteiger partial charge in [-0.25, -0.2) is 0 Å². The summed E-state index contributed by atoms with van der Waals surface area (Å²) < 4.78 is 0. The van der Waals surface area contributed by atoms with Gasteiger partial charge in [0.2, 0.25) is 5.91 Å². The van der Waals surface area contributed by atoms with Crippen molar-refractivity contribution in [2.24, 2.45) is 11.7 Å². The number of benzene rings is 1. The Morgan fingerprint density at radius 3 is 2.56 bits per heavy atom. The fourth-order valence-electron chi connectivity index (χ4n) is 3.34. The molecule has 1 aliphatic rings. The van der Waals surface area contributed by atoms with Gasteiger partial charge in [-0.1, -0.05) is 30.3 Å². The highest BCUT2D eigenvalue weighted by Crippen LogP contribution is 2.22. The quantitative estimate of drug-likeness (QED) is 0.841. The molecule has 0 spiro atoms. The number of aryl methyl sites for hydroxylation is 1. The average molecular weight is 340 g/mol. The lowest BCUT2D eigenvalue weighted by molar-refractivity contribution is -0.132. The lowest BCUT2D eigenvalue weighted by atomic mass is 9.92. The van der Waals surface area contributed by atoms with Gasteiger partial charge in [0.15, 0.2) is 0 Å². The zero-order chi connectivity index (χ0) is 17.6. The zero-order valence-corrected chi connectivity index (χ0v) is 14.3. The predicted molar refractivity (Wildman–Crippen MR) is 94.9 cm³/mol. The second-order valence-electron chi connectivity index (χ2n) is 6.66. The number of nitrogens with one attached hydrogen (secondary N) is 1.